The van der Waals surface area contributed by atoms with Crippen LogP contribution in [0.5, 0.6) is 0 Å². The average molecular weight is 272 g/mol. The largest absolute Gasteiger partial charge is 0.397 e. The maximum atomic E-state index is 13.2. The van der Waals surface area contributed by atoms with Crippen molar-refractivity contribution in [2.45, 2.75) is 25.3 Å². The van der Waals surface area contributed by atoms with Crippen LogP contribution in [0.2, 0.25) is 5.02 Å². The van der Waals surface area contributed by atoms with Gasteiger partial charge in [0.05, 0.1) is 16.4 Å². The van der Waals surface area contributed by atoms with E-state index in [1.807, 2.05) is 0 Å². The summed E-state index contributed by atoms with van der Waals surface area (Å²) in [5, 5.41) is 5.78. The van der Waals surface area contributed by atoms with E-state index >= 15 is 0 Å². The number of nitrogens with two attached hydrogens (primary N) is 1. The summed E-state index contributed by atoms with van der Waals surface area (Å²) in [7, 11) is 0. The van der Waals surface area contributed by atoms with Crippen LogP contribution in [-0.4, -0.2) is 18.5 Å². The monoisotopic (exact) mass is 271 g/mol. The van der Waals surface area contributed by atoms with Crippen molar-refractivity contribution in [3.05, 3.63) is 23.0 Å². The zero-order chi connectivity index (χ0) is 13.1. The molecule has 1 fully saturated rings. The number of amides is 1. The summed E-state index contributed by atoms with van der Waals surface area (Å²) in [6.45, 7) is 0.407. The third-order valence-corrected chi connectivity index (χ3v) is 2.99. The van der Waals surface area contributed by atoms with E-state index in [1.165, 1.54) is 12.1 Å². The molecule has 1 saturated carbocycles. The van der Waals surface area contributed by atoms with Gasteiger partial charge in [-0.3, -0.25) is 4.79 Å². The van der Waals surface area contributed by atoms with E-state index in [-0.39, 0.29) is 10.9 Å². The lowest BCUT2D eigenvalue weighted by Crippen LogP contribution is -2.27. The fraction of sp³-hybridized carbons (Fsp3) is 0.417. The summed E-state index contributed by atoms with van der Waals surface area (Å²) < 4.78 is 13.2. The minimum atomic E-state index is -0.532. The van der Waals surface area contributed by atoms with Gasteiger partial charge in [0.15, 0.2) is 0 Å². The quantitative estimate of drug-likeness (QED) is 0.719. The number of halogens is 2. The molecule has 4 N–H and O–H groups in total. The van der Waals surface area contributed by atoms with Crippen LogP contribution in [0.4, 0.5) is 15.8 Å². The molecule has 1 aromatic carbocycles. The Hall–Kier alpha value is -1.49. The molecule has 0 bridgehead atoms. The molecule has 0 unspecified atom stereocenters. The van der Waals surface area contributed by atoms with Gasteiger partial charge in [-0.25, -0.2) is 4.39 Å². The topological polar surface area (TPSA) is 67.1 Å². The van der Waals surface area contributed by atoms with Gasteiger partial charge in [-0.1, -0.05) is 11.6 Å². The van der Waals surface area contributed by atoms with Crippen LogP contribution in [0.3, 0.4) is 0 Å². The lowest BCUT2D eigenvalue weighted by Gasteiger charge is -2.10. The van der Waals surface area contributed by atoms with Gasteiger partial charge in [0.25, 0.3) is 0 Å². The summed E-state index contributed by atoms with van der Waals surface area (Å²) in [5.74, 6) is -0.534. The standard InChI is InChI=1S/C12H15ClFN3O/c13-8-5-10(15)11(6-9(8)14)16-4-3-12(18)17-7-1-2-7/h5-7,16H,1-4,15H2,(H,17,18). The van der Waals surface area contributed by atoms with Gasteiger partial charge in [-0.2, -0.15) is 0 Å². The van der Waals surface area contributed by atoms with Crippen LogP contribution < -0.4 is 16.4 Å². The van der Waals surface area contributed by atoms with Gasteiger partial charge in [0.2, 0.25) is 5.91 Å². The number of carbonyl (C=O) groups is 1. The molecular weight excluding hydrogens is 257 g/mol. The Labute approximate surface area is 110 Å². The molecule has 6 heteroatoms. The molecule has 98 valence electrons. The number of carbonyl (C=O) groups excluding carboxylic acids is 1. The van der Waals surface area contributed by atoms with Gasteiger partial charge in [-0.05, 0) is 18.9 Å². The van der Waals surface area contributed by atoms with Crippen molar-refractivity contribution in [3.63, 3.8) is 0 Å². The first-order valence-corrected chi connectivity index (χ1v) is 6.22. The molecule has 0 spiro atoms. The lowest BCUT2D eigenvalue weighted by molar-refractivity contribution is -0.120. The number of nitrogens with one attached hydrogen (secondary N) is 2. The van der Waals surface area contributed by atoms with Gasteiger partial charge in [0.1, 0.15) is 5.82 Å². The van der Waals surface area contributed by atoms with E-state index < -0.39 is 5.82 Å². The Morgan fingerprint density at radius 3 is 2.89 bits per heavy atom. The normalized spacial score (nSPS) is 14.3. The molecule has 1 aromatic rings. The van der Waals surface area contributed by atoms with Gasteiger partial charge < -0.3 is 16.4 Å². The minimum absolute atomic E-state index is 0.00185. The highest BCUT2D eigenvalue weighted by Gasteiger charge is 2.22. The predicted octanol–water partition coefficient (Wildman–Crippen LogP) is 2.14. The molecule has 4 nitrogen and oxygen atoms in total. The smallest absolute Gasteiger partial charge is 0.221 e. The molecule has 0 atom stereocenters. The van der Waals surface area contributed by atoms with E-state index in [1.54, 1.807) is 0 Å². The molecule has 0 aromatic heterocycles. The average Bonchev–Trinajstić information content (AvgIpc) is 3.09. The van der Waals surface area contributed by atoms with Gasteiger partial charge >= 0.3 is 0 Å². The van der Waals surface area contributed by atoms with Crippen molar-refractivity contribution < 1.29 is 9.18 Å². The molecule has 1 aliphatic carbocycles. The summed E-state index contributed by atoms with van der Waals surface area (Å²) >= 11 is 5.59. The molecule has 1 amide bonds. The summed E-state index contributed by atoms with van der Waals surface area (Å²) in [6, 6.07) is 2.94. The first-order chi connectivity index (χ1) is 8.56. The number of hydrogen-bond donors (Lipinski definition) is 3. The zero-order valence-corrected chi connectivity index (χ0v) is 10.6. The molecule has 1 aliphatic rings. The molecule has 18 heavy (non-hydrogen) atoms. The first kappa shape index (κ1) is 13.0. The SMILES string of the molecule is Nc1cc(Cl)c(F)cc1NCCC(=O)NC1CC1. The van der Waals surface area contributed by atoms with Crippen molar-refractivity contribution in [1.29, 1.82) is 0 Å². The van der Waals surface area contributed by atoms with Crippen LogP contribution in [0, 0.1) is 5.82 Å². The number of benzene rings is 1. The van der Waals surface area contributed by atoms with Crippen LogP contribution in [0.25, 0.3) is 0 Å². The molecule has 2 rings (SSSR count). The molecular formula is C12H15ClFN3O. The number of anilines is 2. The number of rotatable bonds is 5. The van der Waals surface area contributed by atoms with Crippen molar-refractivity contribution in [2.75, 3.05) is 17.6 Å². The maximum absolute atomic E-state index is 13.2. The van der Waals surface area contributed by atoms with Gasteiger partial charge in [0, 0.05) is 25.1 Å². The summed E-state index contributed by atoms with van der Waals surface area (Å²) in [4.78, 5) is 11.4. The van der Waals surface area contributed by atoms with E-state index in [0.29, 0.717) is 30.4 Å². The lowest BCUT2D eigenvalue weighted by atomic mass is 10.2. The third-order valence-electron chi connectivity index (χ3n) is 2.70. The number of nitrogen functional groups attached to an aromatic ring is 1. The summed E-state index contributed by atoms with van der Waals surface area (Å²) in [5.41, 5.74) is 6.50. The molecule has 0 saturated heterocycles. The van der Waals surface area contributed by atoms with E-state index in [2.05, 4.69) is 10.6 Å². The first-order valence-electron chi connectivity index (χ1n) is 5.84. The minimum Gasteiger partial charge on any atom is -0.397 e. The summed E-state index contributed by atoms with van der Waals surface area (Å²) in [6.07, 6.45) is 2.46. The maximum Gasteiger partial charge on any atom is 0.221 e. The van der Waals surface area contributed by atoms with Crippen molar-refractivity contribution in [2.24, 2.45) is 0 Å². The Morgan fingerprint density at radius 2 is 2.22 bits per heavy atom. The highest BCUT2D eigenvalue weighted by molar-refractivity contribution is 6.31. The predicted molar refractivity (Wildman–Crippen MR) is 70.1 cm³/mol. The highest BCUT2D eigenvalue weighted by atomic mass is 35.5. The van der Waals surface area contributed by atoms with E-state index in [9.17, 15) is 9.18 Å². The molecule has 0 radical (unpaired) electrons. The van der Waals surface area contributed by atoms with Crippen molar-refractivity contribution in [1.82, 2.24) is 5.32 Å². The van der Waals surface area contributed by atoms with Crippen LogP contribution >= 0.6 is 11.6 Å². The van der Waals surface area contributed by atoms with Crippen LogP contribution in [0.15, 0.2) is 12.1 Å². The Bertz CT molecular complexity index is 463. The fourth-order valence-electron chi connectivity index (χ4n) is 1.55. The van der Waals surface area contributed by atoms with Crippen molar-refractivity contribution >= 4 is 28.9 Å². The van der Waals surface area contributed by atoms with Gasteiger partial charge in [-0.15, -0.1) is 0 Å². The number of hydrogen-bond acceptors (Lipinski definition) is 3. The van der Waals surface area contributed by atoms with E-state index in [0.717, 1.165) is 12.8 Å². The van der Waals surface area contributed by atoms with Crippen LogP contribution in [-0.2, 0) is 4.79 Å². The zero-order valence-electron chi connectivity index (χ0n) is 9.80. The Morgan fingerprint density at radius 1 is 1.50 bits per heavy atom. The van der Waals surface area contributed by atoms with Crippen LogP contribution in [0.1, 0.15) is 19.3 Å². The second-order valence-corrected chi connectivity index (χ2v) is 4.78. The second-order valence-electron chi connectivity index (χ2n) is 4.37. The fourth-order valence-corrected chi connectivity index (χ4v) is 1.73. The van der Waals surface area contributed by atoms with E-state index in [4.69, 9.17) is 17.3 Å². The van der Waals surface area contributed by atoms with Crippen molar-refractivity contribution in [3.8, 4) is 0 Å². The highest BCUT2D eigenvalue weighted by Crippen LogP contribution is 2.26. The Kier molecular flexibility index (Phi) is 3.91. The molecule has 0 heterocycles. The Balaban J connectivity index is 1.82. The second kappa shape index (κ2) is 5.44. The molecule has 0 aliphatic heterocycles. The third kappa shape index (κ3) is 3.50.